The minimum Gasteiger partial charge on any atom is -0.326 e. The van der Waals surface area contributed by atoms with Gasteiger partial charge in [-0.05, 0) is 36.1 Å². The number of nitrogens with zero attached hydrogens (tertiary/aromatic N) is 1. The number of hydrogen-bond acceptors (Lipinski definition) is 4. The third kappa shape index (κ3) is 3.17. The van der Waals surface area contributed by atoms with E-state index in [1.807, 2.05) is 0 Å². The summed E-state index contributed by atoms with van der Waals surface area (Å²) in [6, 6.07) is 6.86. The number of aromatic nitrogens is 1. The van der Waals surface area contributed by atoms with Crippen LogP contribution in [0.3, 0.4) is 0 Å². The van der Waals surface area contributed by atoms with Gasteiger partial charge in [0, 0.05) is 28.7 Å². The number of nitrogens with one attached hydrogen (secondary N) is 2. The molecule has 1 aliphatic rings. The molecule has 0 radical (unpaired) electrons. The second-order valence-electron chi connectivity index (χ2n) is 6.10. The fourth-order valence-electron chi connectivity index (χ4n) is 2.30. The molecule has 114 valence electrons. The monoisotopic (exact) mass is 315 g/mol. The van der Waals surface area contributed by atoms with Crippen molar-refractivity contribution in [3.05, 3.63) is 41.4 Å². The highest BCUT2D eigenvalue weighted by Crippen LogP contribution is 2.51. The molecule has 1 fully saturated rings. The molecular weight excluding hydrogens is 298 g/mol. The van der Waals surface area contributed by atoms with Gasteiger partial charge in [-0.25, -0.2) is 4.98 Å². The standard InChI is InChI=1S/C16H17N3O2S/c1-16(2)9-12(16)14(21)18-11-5-3-10(4-6-11)13(20)19-15-17-7-8-22-15/h3-8,12H,9H2,1-2H3,(H,18,21)(H,17,19,20). The van der Waals surface area contributed by atoms with Crippen molar-refractivity contribution in [2.45, 2.75) is 20.3 Å². The van der Waals surface area contributed by atoms with E-state index in [9.17, 15) is 9.59 Å². The van der Waals surface area contributed by atoms with Crippen molar-refractivity contribution >= 4 is 34.0 Å². The van der Waals surface area contributed by atoms with E-state index in [-0.39, 0.29) is 23.1 Å². The molecule has 2 amide bonds. The highest BCUT2D eigenvalue weighted by Gasteiger charge is 2.50. The molecule has 1 atom stereocenters. The predicted molar refractivity (Wildman–Crippen MR) is 87.0 cm³/mol. The van der Waals surface area contributed by atoms with Crippen molar-refractivity contribution in [3.63, 3.8) is 0 Å². The normalized spacial score (nSPS) is 18.5. The lowest BCUT2D eigenvalue weighted by molar-refractivity contribution is -0.118. The average molecular weight is 315 g/mol. The van der Waals surface area contributed by atoms with E-state index in [0.29, 0.717) is 16.4 Å². The zero-order chi connectivity index (χ0) is 15.7. The van der Waals surface area contributed by atoms with E-state index in [0.717, 1.165) is 6.42 Å². The predicted octanol–water partition coefficient (Wildman–Crippen LogP) is 3.38. The zero-order valence-corrected chi connectivity index (χ0v) is 13.2. The minimum absolute atomic E-state index is 0.0463. The molecule has 6 heteroatoms. The van der Waals surface area contributed by atoms with Gasteiger partial charge < -0.3 is 5.32 Å². The Labute approximate surface area is 132 Å². The number of amides is 2. The van der Waals surface area contributed by atoms with Crippen LogP contribution in [0.2, 0.25) is 0 Å². The smallest absolute Gasteiger partial charge is 0.257 e. The fraction of sp³-hybridized carbons (Fsp3) is 0.312. The van der Waals surface area contributed by atoms with Gasteiger partial charge in [0.05, 0.1) is 0 Å². The van der Waals surface area contributed by atoms with Crippen LogP contribution in [-0.4, -0.2) is 16.8 Å². The van der Waals surface area contributed by atoms with Gasteiger partial charge >= 0.3 is 0 Å². The Bertz CT molecular complexity index is 693. The summed E-state index contributed by atoms with van der Waals surface area (Å²) in [5.41, 5.74) is 1.34. The van der Waals surface area contributed by atoms with Crippen molar-refractivity contribution < 1.29 is 9.59 Å². The number of carbonyl (C=O) groups is 2. The van der Waals surface area contributed by atoms with E-state index in [2.05, 4.69) is 29.5 Å². The molecule has 2 aromatic rings. The lowest BCUT2D eigenvalue weighted by Gasteiger charge is -2.07. The van der Waals surface area contributed by atoms with Crippen LogP contribution in [-0.2, 0) is 4.79 Å². The molecular formula is C16H17N3O2S. The van der Waals surface area contributed by atoms with Gasteiger partial charge in [-0.15, -0.1) is 11.3 Å². The first kappa shape index (κ1) is 14.7. The Morgan fingerprint density at radius 1 is 1.23 bits per heavy atom. The summed E-state index contributed by atoms with van der Waals surface area (Å²) in [5, 5.41) is 7.98. The van der Waals surface area contributed by atoms with Crippen molar-refractivity contribution in [3.8, 4) is 0 Å². The zero-order valence-electron chi connectivity index (χ0n) is 12.4. The molecule has 0 aliphatic heterocycles. The van der Waals surface area contributed by atoms with Crippen molar-refractivity contribution in [1.82, 2.24) is 4.98 Å². The first-order chi connectivity index (χ1) is 10.5. The van der Waals surface area contributed by atoms with Crippen molar-refractivity contribution in [1.29, 1.82) is 0 Å². The molecule has 0 saturated heterocycles. The summed E-state index contributed by atoms with van der Waals surface area (Å²) in [6.45, 7) is 4.17. The van der Waals surface area contributed by atoms with Crippen LogP contribution >= 0.6 is 11.3 Å². The lowest BCUT2D eigenvalue weighted by Crippen LogP contribution is -2.17. The number of anilines is 2. The molecule has 1 saturated carbocycles. The first-order valence-corrected chi connectivity index (χ1v) is 7.95. The summed E-state index contributed by atoms with van der Waals surface area (Å²) in [5.74, 6) is -0.0819. The van der Waals surface area contributed by atoms with Crippen molar-refractivity contribution in [2.75, 3.05) is 10.6 Å². The van der Waals surface area contributed by atoms with Gasteiger partial charge in [-0.1, -0.05) is 13.8 Å². The van der Waals surface area contributed by atoms with Crippen LogP contribution in [0.15, 0.2) is 35.8 Å². The maximum atomic E-state index is 12.0. The van der Waals surface area contributed by atoms with Gasteiger partial charge in [0.25, 0.3) is 5.91 Å². The van der Waals surface area contributed by atoms with Crippen LogP contribution < -0.4 is 10.6 Å². The third-order valence-electron chi connectivity index (χ3n) is 3.90. The summed E-state index contributed by atoms with van der Waals surface area (Å²) < 4.78 is 0. The molecule has 5 nitrogen and oxygen atoms in total. The van der Waals surface area contributed by atoms with E-state index in [1.165, 1.54) is 11.3 Å². The summed E-state index contributed by atoms with van der Waals surface area (Å²) >= 11 is 1.37. The lowest BCUT2D eigenvalue weighted by atomic mass is 10.1. The minimum atomic E-state index is -0.212. The van der Waals surface area contributed by atoms with Gasteiger partial charge in [-0.3, -0.25) is 14.9 Å². The fourth-order valence-corrected chi connectivity index (χ4v) is 2.83. The Morgan fingerprint density at radius 3 is 2.45 bits per heavy atom. The largest absolute Gasteiger partial charge is 0.326 e. The maximum Gasteiger partial charge on any atom is 0.257 e. The van der Waals surface area contributed by atoms with Crippen molar-refractivity contribution in [2.24, 2.45) is 11.3 Å². The Hall–Kier alpha value is -2.21. The van der Waals surface area contributed by atoms with E-state index in [1.54, 1.807) is 35.8 Å². The van der Waals surface area contributed by atoms with Gasteiger partial charge in [0.15, 0.2) is 5.13 Å². The topological polar surface area (TPSA) is 71.1 Å². The Kier molecular flexibility index (Phi) is 3.70. The van der Waals surface area contributed by atoms with E-state index in [4.69, 9.17) is 0 Å². The van der Waals surface area contributed by atoms with Crippen LogP contribution in [0.4, 0.5) is 10.8 Å². The summed E-state index contributed by atoms with van der Waals surface area (Å²) in [6.07, 6.45) is 2.56. The molecule has 3 rings (SSSR count). The third-order valence-corrected chi connectivity index (χ3v) is 4.59. The summed E-state index contributed by atoms with van der Waals surface area (Å²) in [7, 11) is 0. The summed E-state index contributed by atoms with van der Waals surface area (Å²) in [4.78, 5) is 28.0. The average Bonchev–Trinajstić information content (AvgIpc) is 2.86. The molecule has 0 bridgehead atoms. The van der Waals surface area contributed by atoms with Crippen LogP contribution in [0.25, 0.3) is 0 Å². The highest BCUT2D eigenvalue weighted by atomic mass is 32.1. The second kappa shape index (κ2) is 5.53. The van der Waals surface area contributed by atoms with E-state index >= 15 is 0 Å². The van der Waals surface area contributed by atoms with Crippen LogP contribution in [0.1, 0.15) is 30.6 Å². The number of carbonyl (C=O) groups excluding carboxylic acids is 2. The Balaban J connectivity index is 1.60. The molecule has 2 N–H and O–H groups in total. The Morgan fingerprint density at radius 2 is 1.91 bits per heavy atom. The number of hydrogen-bond donors (Lipinski definition) is 2. The van der Waals surface area contributed by atoms with Crippen LogP contribution in [0.5, 0.6) is 0 Å². The molecule has 1 aliphatic carbocycles. The molecule has 1 heterocycles. The quantitative estimate of drug-likeness (QED) is 0.908. The molecule has 1 aromatic carbocycles. The van der Waals surface area contributed by atoms with Gasteiger partial charge in [0.2, 0.25) is 5.91 Å². The van der Waals surface area contributed by atoms with E-state index < -0.39 is 0 Å². The number of thiazole rings is 1. The molecule has 22 heavy (non-hydrogen) atoms. The maximum absolute atomic E-state index is 12.0. The molecule has 0 spiro atoms. The van der Waals surface area contributed by atoms with Gasteiger partial charge in [-0.2, -0.15) is 0 Å². The first-order valence-electron chi connectivity index (χ1n) is 7.07. The number of rotatable bonds is 4. The second-order valence-corrected chi connectivity index (χ2v) is 7.00. The molecule has 1 aromatic heterocycles. The van der Waals surface area contributed by atoms with Crippen LogP contribution in [0, 0.1) is 11.3 Å². The SMILES string of the molecule is CC1(C)CC1C(=O)Nc1ccc(C(=O)Nc2nccs2)cc1. The molecule has 1 unspecified atom stereocenters. The highest BCUT2D eigenvalue weighted by molar-refractivity contribution is 7.13. The number of benzene rings is 1. The van der Waals surface area contributed by atoms with Gasteiger partial charge in [0.1, 0.15) is 0 Å².